The lowest BCUT2D eigenvalue weighted by Crippen LogP contribution is -2.46. The molecule has 0 radical (unpaired) electrons. The highest BCUT2D eigenvalue weighted by atomic mass is 32.1. The van der Waals surface area contributed by atoms with Crippen molar-refractivity contribution in [1.82, 2.24) is 10.2 Å². The Morgan fingerprint density at radius 1 is 1.67 bits per heavy atom. The molecular formula is C13H20N2O2S. The first-order chi connectivity index (χ1) is 8.79. The molecule has 100 valence electrons. The lowest BCUT2D eigenvalue weighted by Gasteiger charge is -2.32. The van der Waals surface area contributed by atoms with E-state index in [9.17, 15) is 4.79 Å². The van der Waals surface area contributed by atoms with Crippen LogP contribution in [0.1, 0.15) is 17.7 Å². The molecule has 5 heteroatoms. The molecule has 0 bridgehead atoms. The Bertz CT molecular complexity index is 365. The number of amides is 2. The van der Waals surface area contributed by atoms with Gasteiger partial charge in [-0.3, -0.25) is 0 Å². The topological polar surface area (TPSA) is 41.6 Å². The molecule has 1 N–H and O–H groups in total. The molecule has 0 aliphatic carbocycles. The number of thiophene rings is 1. The van der Waals surface area contributed by atoms with Gasteiger partial charge in [-0.1, -0.05) is 6.07 Å². The van der Waals surface area contributed by atoms with E-state index in [2.05, 4.69) is 5.32 Å². The van der Waals surface area contributed by atoms with Crippen molar-refractivity contribution < 1.29 is 9.53 Å². The molecule has 1 aromatic rings. The summed E-state index contributed by atoms with van der Waals surface area (Å²) in [6.07, 6.45) is 2.23. The van der Waals surface area contributed by atoms with Gasteiger partial charge in [0, 0.05) is 31.0 Å². The van der Waals surface area contributed by atoms with Gasteiger partial charge in [-0.25, -0.2) is 4.79 Å². The maximum Gasteiger partial charge on any atom is 0.317 e. The van der Waals surface area contributed by atoms with Crippen molar-refractivity contribution >= 4 is 17.4 Å². The molecule has 1 unspecified atom stereocenters. The van der Waals surface area contributed by atoms with Crippen LogP contribution < -0.4 is 5.32 Å². The Morgan fingerprint density at radius 3 is 3.28 bits per heavy atom. The molecule has 1 aromatic heterocycles. The predicted molar refractivity (Wildman–Crippen MR) is 72.7 cm³/mol. The van der Waals surface area contributed by atoms with E-state index < -0.39 is 0 Å². The molecule has 18 heavy (non-hydrogen) atoms. The average molecular weight is 268 g/mol. The summed E-state index contributed by atoms with van der Waals surface area (Å²) in [5.74, 6) is 0.483. The van der Waals surface area contributed by atoms with E-state index in [0.29, 0.717) is 12.5 Å². The quantitative estimate of drug-likeness (QED) is 0.910. The second kappa shape index (κ2) is 6.75. The monoisotopic (exact) mass is 268 g/mol. The lowest BCUT2D eigenvalue weighted by atomic mass is 9.99. The maximum atomic E-state index is 12.0. The number of rotatable bonds is 4. The number of ether oxygens (including phenoxy) is 1. The zero-order valence-electron chi connectivity index (χ0n) is 10.7. The second-order valence-corrected chi connectivity index (χ2v) is 5.68. The smallest absolute Gasteiger partial charge is 0.317 e. The van der Waals surface area contributed by atoms with Crippen LogP contribution in [0.5, 0.6) is 0 Å². The zero-order chi connectivity index (χ0) is 12.8. The van der Waals surface area contributed by atoms with Crippen LogP contribution in [-0.4, -0.2) is 37.7 Å². The van der Waals surface area contributed by atoms with E-state index in [0.717, 1.165) is 32.5 Å². The minimum atomic E-state index is 0.0456. The van der Waals surface area contributed by atoms with Crippen LogP contribution in [0.3, 0.4) is 0 Å². The zero-order valence-corrected chi connectivity index (χ0v) is 11.5. The normalized spacial score (nSPS) is 19.8. The van der Waals surface area contributed by atoms with Gasteiger partial charge in [-0.2, -0.15) is 0 Å². The van der Waals surface area contributed by atoms with Crippen molar-refractivity contribution in [3.63, 3.8) is 0 Å². The largest absolute Gasteiger partial charge is 0.384 e. The molecule has 1 aliphatic heterocycles. The number of nitrogens with zero attached hydrogens (tertiary/aromatic N) is 1. The molecule has 1 atom stereocenters. The third-order valence-electron chi connectivity index (χ3n) is 3.20. The summed E-state index contributed by atoms with van der Waals surface area (Å²) in [5.41, 5.74) is 0. The van der Waals surface area contributed by atoms with Gasteiger partial charge in [0.15, 0.2) is 0 Å². The van der Waals surface area contributed by atoms with Gasteiger partial charge in [0.25, 0.3) is 0 Å². The first-order valence-corrected chi connectivity index (χ1v) is 7.21. The molecule has 0 saturated carbocycles. The van der Waals surface area contributed by atoms with E-state index in [-0.39, 0.29) is 6.03 Å². The summed E-state index contributed by atoms with van der Waals surface area (Å²) < 4.78 is 5.17. The van der Waals surface area contributed by atoms with Crippen molar-refractivity contribution in [3.05, 3.63) is 22.4 Å². The Morgan fingerprint density at radius 2 is 2.56 bits per heavy atom. The van der Waals surface area contributed by atoms with Gasteiger partial charge < -0.3 is 15.0 Å². The number of likely N-dealkylation sites (tertiary alicyclic amines) is 1. The van der Waals surface area contributed by atoms with Gasteiger partial charge in [-0.05, 0) is 24.3 Å². The third-order valence-corrected chi connectivity index (χ3v) is 4.08. The number of hydrogen-bond donors (Lipinski definition) is 1. The van der Waals surface area contributed by atoms with Gasteiger partial charge in [-0.15, -0.1) is 11.3 Å². The summed E-state index contributed by atoms with van der Waals surface area (Å²) in [5, 5.41) is 5.00. The number of carbonyl (C=O) groups excluding carboxylic acids is 1. The number of carbonyl (C=O) groups is 1. The lowest BCUT2D eigenvalue weighted by molar-refractivity contribution is 0.100. The van der Waals surface area contributed by atoms with Crippen LogP contribution in [0.2, 0.25) is 0 Å². The van der Waals surface area contributed by atoms with Crippen LogP contribution in [0, 0.1) is 5.92 Å². The van der Waals surface area contributed by atoms with Crippen LogP contribution in [0.15, 0.2) is 17.5 Å². The van der Waals surface area contributed by atoms with Crippen LogP contribution in [0.25, 0.3) is 0 Å². The molecule has 0 aromatic carbocycles. The fraction of sp³-hybridized carbons (Fsp3) is 0.615. The first-order valence-electron chi connectivity index (χ1n) is 6.33. The fourth-order valence-corrected chi connectivity index (χ4v) is 2.95. The van der Waals surface area contributed by atoms with Crippen molar-refractivity contribution in [3.8, 4) is 0 Å². The second-order valence-electron chi connectivity index (χ2n) is 4.65. The van der Waals surface area contributed by atoms with Gasteiger partial charge in [0.1, 0.15) is 0 Å². The number of nitrogens with one attached hydrogen (secondary N) is 1. The van der Waals surface area contributed by atoms with Crippen molar-refractivity contribution in [1.29, 1.82) is 0 Å². The van der Waals surface area contributed by atoms with Gasteiger partial charge >= 0.3 is 6.03 Å². The van der Waals surface area contributed by atoms with E-state index in [1.54, 1.807) is 18.4 Å². The van der Waals surface area contributed by atoms with Gasteiger partial charge in [0.05, 0.1) is 13.2 Å². The highest BCUT2D eigenvalue weighted by Crippen LogP contribution is 2.16. The molecular weight excluding hydrogens is 248 g/mol. The Hall–Kier alpha value is -1.07. The maximum absolute atomic E-state index is 12.0. The van der Waals surface area contributed by atoms with Crippen molar-refractivity contribution in [2.75, 3.05) is 26.8 Å². The molecule has 1 saturated heterocycles. The number of methoxy groups -OCH3 is 1. The molecule has 4 nitrogen and oxygen atoms in total. The van der Waals surface area contributed by atoms with E-state index in [4.69, 9.17) is 4.74 Å². The summed E-state index contributed by atoms with van der Waals surface area (Å²) >= 11 is 1.67. The standard InChI is InChI=1S/C13H20N2O2S/c1-17-10-11-4-2-6-15(9-11)13(16)14-8-12-5-3-7-18-12/h3,5,7,11H,2,4,6,8-10H2,1H3,(H,14,16). The molecule has 1 aliphatic rings. The molecule has 0 spiro atoms. The molecule has 1 fully saturated rings. The van der Waals surface area contributed by atoms with Crippen LogP contribution >= 0.6 is 11.3 Å². The first kappa shape index (κ1) is 13.4. The minimum absolute atomic E-state index is 0.0456. The summed E-state index contributed by atoms with van der Waals surface area (Å²) in [7, 11) is 1.72. The Labute approximate surface area is 112 Å². The van der Waals surface area contributed by atoms with Crippen molar-refractivity contribution in [2.24, 2.45) is 5.92 Å². The van der Waals surface area contributed by atoms with E-state index >= 15 is 0 Å². The Balaban J connectivity index is 1.77. The SMILES string of the molecule is COCC1CCCN(C(=O)NCc2cccs2)C1. The highest BCUT2D eigenvalue weighted by molar-refractivity contribution is 7.09. The minimum Gasteiger partial charge on any atom is -0.384 e. The summed E-state index contributed by atoms with van der Waals surface area (Å²) in [6.45, 7) is 3.04. The van der Waals surface area contributed by atoms with Crippen LogP contribution in [0.4, 0.5) is 4.79 Å². The number of piperidine rings is 1. The summed E-state index contributed by atoms with van der Waals surface area (Å²) in [4.78, 5) is 15.1. The number of hydrogen-bond acceptors (Lipinski definition) is 3. The summed E-state index contributed by atoms with van der Waals surface area (Å²) in [6, 6.07) is 4.08. The Kier molecular flexibility index (Phi) is 5.01. The van der Waals surface area contributed by atoms with Crippen molar-refractivity contribution in [2.45, 2.75) is 19.4 Å². The average Bonchev–Trinajstić information content (AvgIpc) is 2.90. The third kappa shape index (κ3) is 3.71. The fourth-order valence-electron chi connectivity index (χ4n) is 2.31. The van der Waals surface area contributed by atoms with Gasteiger partial charge in [0.2, 0.25) is 0 Å². The van der Waals surface area contributed by atoms with E-state index in [1.165, 1.54) is 4.88 Å². The van der Waals surface area contributed by atoms with E-state index in [1.807, 2.05) is 22.4 Å². The van der Waals surface area contributed by atoms with Crippen LogP contribution in [-0.2, 0) is 11.3 Å². The predicted octanol–water partition coefficient (Wildman–Crippen LogP) is 2.32. The highest BCUT2D eigenvalue weighted by Gasteiger charge is 2.23. The molecule has 2 heterocycles. The number of urea groups is 1. The molecule has 2 rings (SSSR count). The molecule has 2 amide bonds.